The Morgan fingerprint density at radius 2 is 1.78 bits per heavy atom. The van der Waals surface area contributed by atoms with Gasteiger partial charge in [0.15, 0.2) is 0 Å². The number of benzene rings is 2. The average Bonchev–Trinajstić information content (AvgIpc) is 2.70. The van der Waals surface area contributed by atoms with Crippen LogP contribution in [0.3, 0.4) is 0 Å². The van der Waals surface area contributed by atoms with E-state index in [1.165, 1.54) is 62.5 Å². The largest absolute Gasteiger partial charge is 0.0622 e. The summed E-state index contributed by atoms with van der Waals surface area (Å²) in [6.07, 6.45) is 12.7. The molecule has 3 aliphatic carbocycles. The molecule has 0 amide bonds. The van der Waals surface area contributed by atoms with Crippen LogP contribution in [0.5, 0.6) is 0 Å². The van der Waals surface area contributed by atoms with Gasteiger partial charge in [0.1, 0.15) is 0 Å². The van der Waals surface area contributed by atoms with Crippen molar-refractivity contribution in [1.29, 1.82) is 0 Å². The highest BCUT2D eigenvalue weighted by Gasteiger charge is 2.50. The molecule has 0 saturated heterocycles. The van der Waals surface area contributed by atoms with Crippen LogP contribution in [0.4, 0.5) is 0 Å². The fraction of sp³-hybridized carbons (Fsp3) is 0.556. The molecule has 0 nitrogen and oxygen atoms in total. The number of hydrogen-bond acceptors (Lipinski definition) is 0. The molecule has 0 N–H and O–H groups in total. The minimum Gasteiger partial charge on any atom is -0.0622 e. The topological polar surface area (TPSA) is 0 Å². The molecule has 2 aromatic rings. The molecule has 142 valence electrons. The zero-order valence-corrected chi connectivity index (χ0v) is 17.1. The lowest BCUT2D eigenvalue weighted by atomic mass is 9.49. The van der Waals surface area contributed by atoms with Crippen LogP contribution in [0.15, 0.2) is 42.5 Å². The minimum absolute atomic E-state index is 0.614. The SMILES string of the molecule is Cc1ccc2c(c1Cc1ccccc1)CCC1C2CCC2CCCCC21C. The standard InChI is InChI=1S/C27H34/c1-19-11-13-22-23(25(19)18-20-8-4-3-5-9-20)15-16-26-24(22)14-12-21-10-6-7-17-27(21,26)2/h3-5,8-9,11,13,21,24,26H,6-7,10,12,14-18H2,1-2H3. The Kier molecular flexibility index (Phi) is 4.42. The fourth-order valence-electron chi connectivity index (χ4n) is 7.15. The summed E-state index contributed by atoms with van der Waals surface area (Å²) in [5.74, 6) is 2.75. The van der Waals surface area contributed by atoms with E-state index >= 15 is 0 Å². The van der Waals surface area contributed by atoms with Crippen molar-refractivity contribution in [3.05, 3.63) is 70.3 Å². The molecule has 27 heavy (non-hydrogen) atoms. The average molecular weight is 359 g/mol. The third kappa shape index (κ3) is 2.87. The Labute approximate surface area is 165 Å². The van der Waals surface area contributed by atoms with E-state index in [2.05, 4.69) is 56.3 Å². The van der Waals surface area contributed by atoms with Crippen LogP contribution in [0, 0.1) is 24.2 Å². The van der Waals surface area contributed by atoms with Gasteiger partial charge < -0.3 is 0 Å². The summed E-state index contributed by atoms with van der Waals surface area (Å²) in [6.45, 7) is 4.99. The third-order valence-electron chi connectivity index (χ3n) is 8.64. The molecule has 2 aromatic carbocycles. The maximum Gasteiger partial charge on any atom is -0.00203 e. The summed E-state index contributed by atoms with van der Waals surface area (Å²) in [5.41, 5.74) is 8.65. The molecule has 2 fully saturated rings. The van der Waals surface area contributed by atoms with Crippen LogP contribution >= 0.6 is 0 Å². The van der Waals surface area contributed by atoms with Crippen LogP contribution in [-0.4, -0.2) is 0 Å². The van der Waals surface area contributed by atoms with Crippen molar-refractivity contribution in [2.45, 2.75) is 77.6 Å². The first-order valence-corrected chi connectivity index (χ1v) is 11.3. The van der Waals surface area contributed by atoms with Gasteiger partial charge in [-0.2, -0.15) is 0 Å². The van der Waals surface area contributed by atoms with E-state index in [4.69, 9.17) is 0 Å². The lowest BCUT2D eigenvalue weighted by Gasteiger charge is -2.56. The first-order valence-electron chi connectivity index (χ1n) is 11.3. The van der Waals surface area contributed by atoms with Gasteiger partial charge in [0.05, 0.1) is 0 Å². The highest BCUT2D eigenvalue weighted by atomic mass is 14.5. The molecule has 0 bridgehead atoms. The highest BCUT2D eigenvalue weighted by Crippen LogP contribution is 2.61. The zero-order chi connectivity index (χ0) is 18.4. The van der Waals surface area contributed by atoms with Crippen LogP contribution in [-0.2, 0) is 12.8 Å². The summed E-state index contributed by atoms with van der Waals surface area (Å²) >= 11 is 0. The second-order valence-electron chi connectivity index (χ2n) is 9.87. The van der Waals surface area contributed by atoms with E-state index in [0.29, 0.717) is 5.41 Å². The molecular weight excluding hydrogens is 324 g/mol. The van der Waals surface area contributed by atoms with Gasteiger partial charge in [0, 0.05) is 0 Å². The highest BCUT2D eigenvalue weighted by molar-refractivity contribution is 5.47. The first-order chi connectivity index (χ1) is 13.2. The normalized spacial score (nSPS) is 32.3. The second kappa shape index (κ2) is 6.80. The molecule has 3 aliphatic rings. The zero-order valence-electron chi connectivity index (χ0n) is 17.1. The minimum atomic E-state index is 0.614. The lowest BCUT2D eigenvalue weighted by molar-refractivity contribution is -0.0204. The summed E-state index contributed by atoms with van der Waals surface area (Å²) in [4.78, 5) is 0. The van der Waals surface area contributed by atoms with Crippen molar-refractivity contribution >= 4 is 0 Å². The fourth-order valence-corrected chi connectivity index (χ4v) is 7.15. The smallest absolute Gasteiger partial charge is 0.00203 e. The first kappa shape index (κ1) is 17.5. The van der Waals surface area contributed by atoms with Crippen molar-refractivity contribution in [2.24, 2.45) is 17.3 Å². The van der Waals surface area contributed by atoms with Crippen molar-refractivity contribution in [1.82, 2.24) is 0 Å². The molecule has 0 heteroatoms. The molecule has 0 aliphatic heterocycles. The van der Waals surface area contributed by atoms with Gasteiger partial charge in [0.25, 0.3) is 0 Å². The van der Waals surface area contributed by atoms with Crippen molar-refractivity contribution < 1.29 is 0 Å². The summed E-state index contributed by atoms with van der Waals surface area (Å²) < 4.78 is 0. The predicted molar refractivity (Wildman–Crippen MR) is 114 cm³/mol. The van der Waals surface area contributed by atoms with Crippen LogP contribution in [0.2, 0.25) is 0 Å². The van der Waals surface area contributed by atoms with Gasteiger partial charge in [-0.3, -0.25) is 0 Å². The van der Waals surface area contributed by atoms with E-state index in [9.17, 15) is 0 Å². The molecule has 5 rings (SSSR count). The Morgan fingerprint density at radius 1 is 0.926 bits per heavy atom. The molecule has 0 spiro atoms. The van der Waals surface area contributed by atoms with Gasteiger partial charge >= 0.3 is 0 Å². The number of aryl methyl sites for hydroxylation is 1. The van der Waals surface area contributed by atoms with Crippen molar-refractivity contribution in [2.75, 3.05) is 0 Å². The molecule has 2 saturated carbocycles. The Balaban J connectivity index is 1.52. The monoisotopic (exact) mass is 358 g/mol. The molecule has 0 aromatic heterocycles. The van der Waals surface area contributed by atoms with E-state index < -0.39 is 0 Å². The van der Waals surface area contributed by atoms with Gasteiger partial charge in [-0.25, -0.2) is 0 Å². The van der Waals surface area contributed by atoms with Crippen molar-refractivity contribution in [3.63, 3.8) is 0 Å². The maximum absolute atomic E-state index is 2.66. The number of fused-ring (bicyclic) bond motifs is 5. The number of hydrogen-bond donors (Lipinski definition) is 0. The third-order valence-corrected chi connectivity index (χ3v) is 8.64. The second-order valence-corrected chi connectivity index (χ2v) is 9.87. The van der Waals surface area contributed by atoms with E-state index in [-0.39, 0.29) is 0 Å². The van der Waals surface area contributed by atoms with Crippen molar-refractivity contribution in [3.8, 4) is 0 Å². The maximum atomic E-state index is 2.66. The van der Waals surface area contributed by atoms with Crippen LogP contribution in [0.25, 0.3) is 0 Å². The Bertz CT molecular complexity index is 817. The number of rotatable bonds is 2. The van der Waals surface area contributed by atoms with Gasteiger partial charge in [-0.15, -0.1) is 0 Å². The predicted octanol–water partition coefficient (Wildman–Crippen LogP) is 7.22. The van der Waals surface area contributed by atoms with Crippen LogP contribution in [0.1, 0.15) is 85.6 Å². The van der Waals surface area contributed by atoms with Gasteiger partial charge in [0.2, 0.25) is 0 Å². The van der Waals surface area contributed by atoms with E-state index in [0.717, 1.165) is 24.2 Å². The quantitative estimate of drug-likeness (QED) is 0.531. The van der Waals surface area contributed by atoms with E-state index in [1.54, 1.807) is 16.7 Å². The summed E-state index contributed by atoms with van der Waals surface area (Å²) in [7, 11) is 0. The van der Waals surface area contributed by atoms with E-state index in [1.807, 2.05) is 0 Å². The Hall–Kier alpha value is -1.56. The Morgan fingerprint density at radius 3 is 2.63 bits per heavy atom. The summed E-state index contributed by atoms with van der Waals surface area (Å²) in [5, 5.41) is 0. The molecule has 0 radical (unpaired) electrons. The molecule has 0 heterocycles. The summed E-state index contributed by atoms with van der Waals surface area (Å²) in [6, 6.07) is 16.0. The lowest BCUT2D eigenvalue weighted by Crippen LogP contribution is -2.46. The molecule has 4 atom stereocenters. The van der Waals surface area contributed by atoms with Gasteiger partial charge in [-0.1, -0.05) is 62.2 Å². The van der Waals surface area contributed by atoms with Crippen LogP contribution < -0.4 is 0 Å². The van der Waals surface area contributed by atoms with Gasteiger partial charge in [-0.05, 0) is 103 Å². The molecular formula is C27H34. The molecule has 4 unspecified atom stereocenters.